The summed E-state index contributed by atoms with van der Waals surface area (Å²) in [6, 6.07) is 18.5. The maximum atomic E-state index is 13.4. The zero-order valence-electron chi connectivity index (χ0n) is 20.9. The van der Waals surface area contributed by atoms with Gasteiger partial charge in [0.25, 0.3) is 0 Å². The van der Waals surface area contributed by atoms with E-state index in [1.54, 1.807) is 18.3 Å². The average molecular weight is 579 g/mol. The summed E-state index contributed by atoms with van der Waals surface area (Å²) < 4.78 is 45.8. The van der Waals surface area contributed by atoms with Crippen molar-refractivity contribution in [2.45, 2.75) is 19.1 Å². The van der Waals surface area contributed by atoms with Crippen LogP contribution in [-0.4, -0.2) is 46.5 Å². The van der Waals surface area contributed by atoms with E-state index in [9.17, 15) is 13.2 Å². The zero-order valence-corrected chi connectivity index (χ0v) is 22.6. The van der Waals surface area contributed by atoms with E-state index in [1.165, 1.54) is 6.07 Å². The number of anilines is 2. The average Bonchev–Trinajstić information content (AvgIpc) is 2.93. The third kappa shape index (κ3) is 7.14. The maximum absolute atomic E-state index is 13.4. The number of hydrogen-bond acceptors (Lipinski definition) is 7. The molecule has 0 saturated carbocycles. The minimum absolute atomic E-state index is 0. The number of benzene rings is 2. The molecule has 1 aliphatic heterocycles. The van der Waals surface area contributed by atoms with Gasteiger partial charge in [-0.2, -0.15) is 13.2 Å². The largest absolute Gasteiger partial charge is 0.416 e. The van der Waals surface area contributed by atoms with Gasteiger partial charge in [0.2, 0.25) is 5.95 Å². The molecule has 1 N–H and O–H groups in total. The Hall–Kier alpha value is -3.47. The van der Waals surface area contributed by atoms with Crippen molar-refractivity contribution in [2.75, 3.05) is 36.5 Å². The van der Waals surface area contributed by atoms with Crippen molar-refractivity contribution < 1.29 is 17.9 Å². The lowest BCUT2D eigenvalue weighted by Crippen LogP contribution is -2.36. The Balaban J connectivity index is 0.00000210. The Morgan fingerprint density at radius 3 is 2.38 bits per heavy atom. The third-order valence-electron chi connectivity index (χ3n) is 6.16. The molecule has 2 aromatic carbocycles. The van der Waals surface area contributed by atoms with Crippen molar-refractivity contribution in [1.82, 2.24) is 20.2 Å². The van der Waals surface area contributed by atoms with E-state index in [4.69, 9.17) is 9.72 Å². The number of aromatic nitrogens is 4. The summed E-state index contributed by atoms with van der Waals surface area (Å²) in [6.45, 7) is 4.41. The van der Waals surface area contributed by atoms with E-state index in [0.717, 1.165) is 17.7 Å². The van der Waals surface area contributed by atoms with Gasteiger partial charge in [-0.1, -0.05) is 42.5 Å². The summed E-state index contributed by atoms with van der Waals surface area (Å²) in [6.07, 6.45) is -2.86. The van der Waals surface area contributed by atoms with Crippen LogP contribution in [0.2, 0.25) is 0 Å². The van der Waals surface area contributed by atoms with E-state index in [0.29, 0.717) is 60.6 Å². The van der Waals surface area contributed by atoms with E-state index >= 15 is 0 Å². The molecule has 1 atom stereocenters. The second-order valence-electron chi connectivity index (χ2n) is 8.68. The standard InChI is InChI=1S/C27H25F3N6O.2ClH/c1-18(19-6-3-2-4-7-19)32-26-31-11-10-23(33-26)22-17-24(36-12-14-37-15-13-36)34-35-25(22)20-8-5-9-21(16-20)27(28,29)30;;/h2-11,16-18H,12-15H2,1H3,(H,31,32,33);2*1H. The van der Waals surface area contributed by atoms with Crippen molar-refractivity contribution in [1.29, 1.82) is 0 Å². The molecule has 0 bridgehead atoms. The first-order valence-corrected chi connectivity index (χ1v) is 11.9. The van der Waals surface area contributed by atoms with Gasteiger partial charge in [-0.05, 0) is 36.8 Å². The fourth-order valence-electron chi connectivity index (χ4n) is 4.18. The molecule has 3 heterocycles. The molecule has 0 radical (unpaired) electrons. The predicted molar refractivity (Wildman–Crippen MR) is 150 cm³/mol. The quantitative estimate of drug-likeness (QED) is 0.281. The Kier molecular flexibility index (Phi) is 10.1. The Labute approximate surface area is 236 Å². The summed E-state index contributed by atoms with van der Waals surface area (Å²) in [5.41, 5.74) is 2.02. The van der Waals surface area contributed by atoms with Crippen LogP contribution in [0.1, 0.15) is 24.1 Å². The lowest BCUT2D eigenvalue weighted by atomic mass is 10.0. The number of halogens is 5. The normalized spacial score (nSPS) is 14.1. The zero-order chi connectivity index (χ0) is 25.8. The SMILES string of the molecule is CC(Nc1nccc(-c2cc(N3CCOCC3)nnc2-c2cccc(C(F)(F)F)c2)n1)c1ccccc1.Cl.Cl. The Morgan fingerprint density at radius 1 is 0.923 bits per heavy atom. The molecule has 0 aliphatic carbocycles. The number of rotatable bonds is 6. The molecule has 39 heavy (non-hydrogen) atoms. The molecule has 1 unspecified atom stereocenters. The molecule has 0 spiro atoms. The van der Waals surface area contributed by atoms with Gasteiger partial charge in [0.15, 0.2) is 5.82 Å². The topological polar surface area (TPSA) is 76.1 Å². The third-order valence-corrected chi connectivity index (χ3v) is 6.16. The van der Waals surface area contributed by atoms with Crippen LogP contribution in [0.25, 0.3) is 22.5 Å². The number of hydrogen-bond donors (Lipinski definition) is 1. The van der Waals surface area contributed by atoms with Crippen LogP contribution in [0.5, 0.6) is 0 Å². The molecule has 0 amide bonds. The Morgan fingerprint density at radius 2 is 1.67 bits per heavy atom. The van der Waals surface area contributed by atoms with Gasteiger partial charge in [-0.15, -0.1) is 35.0 Å². The van der Waals surface area contributed by atoms with Crippen molar-refractivity contribution in [3.05, 3.63) is 84.1 Å². The monoisotopic (exact) mass is 578 g/mol. The van der Waals surface area contributed by atoms with Gasteiger partial charge in [0, 0.05) is 30.4 Å². The maximum Gasteiger partial charge on any atom is 0.416 e. The first kappa shape index (κ1) is 30.1. The Bertz CT molecular complexity index is 1370. The molecule has 1 fully saturated rings. The fraction of sp³-hybridized carbons (Fsp3) is 0.259. The molecule has 1 saturated heterocycles. The summed E-state index contributed by atoms with van der Waals surface area (Å²) in [7, 11) is 0. The van der Waals surface area contributed by atoms with Crippen LogP contribution in [0.3, 0.4) is 0 Å². The molecule has 12 heteroatoms. The highest BCUT2D eigenvalue weighted by Gasteiger charge is 2.31. The minimum Gasteiger partial charge on any atom is -0.378 e. The smallest absolute Gasteiger partial charge is 0.378 e. The van der Waals surface area contributed by atoms with Gasteiger partial charge in [-0.3, -0.25) is 0 Å². The number of morpholine rings is 1. The molecule has 5 rings (SSSR count). The predicted octanol–water partition coefficient (Wildman–Crippen LogP) is 6.47. The van der Waals surface area contributed by atoms with Gasteiger partial charge in [0.1, 0.15) is 5.69 Å². The molecule has 4 aromatic rings. The van der Waals surface area contributed by atoms with Crippen molar-refractivity contribution >= 4 is 36.6 Å². The van der Waals surface area contributed by atoms with Gasteiger partial charge in [0.05, 0.1) is 30.5 Å². The van der Waals surface area contributed by atoms with Gasteiger partial charge in [-0.25, -0.2) is 9.97 Å². The highest BCUT2D eigenvalue weighted by atomic mass is 35.5. The van der Waals surface area contributed by atoms with Crippen LogP contribution in [0.15, 0.2) is 72.9 Å². The summed E-state index contributed by atoms with van der Waals surface area (Å²) in [4.78, 5) is 11.1. The molecule has 2 aromatic heterocycles. The highest BCUT2D eigenvalue weighted by molar-refractivity contribution is 5.85. The molecular weight excluding hydrogens is 552 g/mol. The fourth-order valence-corrected chi connectivity index (χ4v) is 4.18. The van der Waals surface area contributed by atoms with Crippen LogP contribution in [0, 0.1) is 0 Å². The second kappa shape index (κ2) is 13.1. The van der Waals surface area contributed by atoms with Crippen LogP contribution < -0.4 is 10.2 Å². The number of nitrogens with zero attached hydrogens (tertiary/aromatic N) is 5. The van der Waals surface area contributed by atoms with E-state index in [2.05, 4.69) is 20.5 Å². The molecular formula is C27H27Cl2F3N6O. The first-order chi connectivity index (χ1) is 17.9. The van der Waals surface area contributed by atoms with Crippen LogP contribution >= 0.6 is 24.8 Å². The highest BCUT2D eigenvalue weighted by Crippen LogP contribution is 2.36. The van der Waals surface area contributed by atoms with Gasteiger partial charge >= 0.3 is 6.18 Å². The molecule has 206 valence electrons. The van der Waals surface area contributed by atoms with Crippen LogP contribution in [0.4, 0.5) is 24.9 Å². The van der Waals surface area contributed by atoms with Crippen molar-refractivity contribution in [3.8, 4) is 22.5 Å². The van der Waals surface area contributed by atoms with Crippen LogP contribution in [-0.2, 0) is 10.9 Å². The van der Waals surface area contributed by atoms with E-state index in [-0.39, 0.29) is 30.9 Å². The lowest BCUT2D eigenvalue weighted by molar-refractivity contribution is -0.137. The number of nitrogens with one attached hydrogen (secondary N) is 1. The lowest BCUT2D eigenvalue weighted by Gasteiger charge is -2.28. The molecule has 7 nitrogen and oxygen atoms in total. The van der Waals surface area contributed by atoms with E-state index < -0.39 is 11.7 Å². The number of ether oxygens (including phenoxy) is 1. The van der Waals surface area contributed by atoms with Crippen molar-refractivity contribution in [2.24, 2.45) is 0 Å². The molecule has 1 aliphatic rings. The first-order valence-electron chi connectivity index (χ1n) is 11.9. The summed E-state index contributed by atoms with van der Waals surface area (Å²) in [5, 5.41) is 12.0. The minimum atomic E-state index is -4.48. The van der Waals surface area contributed by atoms with Crippen molar-refractivity contribution in [3.63, 3.8) is 0 Å². The summed E-state index contributed by atoms with van der Waals surface area (Å²) >= 11 is 0. The second-order valence-corrected chi connectivity index (χ2v) is 8.68. The van der Waals surface area contributed by atoms with Gasteiger partial charge < -0.3 is 15.0 Å². The van der Waals surface area contributed by atoms with E-state index in [1.807, 2.05) is 48.2 Å². The number of alkyl halides is 3. The summed E-state index contributed by atoms with van der Waals surface area (Å²) in [5.74, 6) is 1.01.